The lowest BCUT2D eigenvalue weighted by Gasteiger charge is -2.06. The van der Waals surface area contributed by atoms with Crippen LogP contribution in [0.2, 0.25) is 0 Å². The highest BCUT2D eigenvalue weighted by atomic mass is 32.2. The third-order valence-electron chi connectivity index (χ3n) is 5.97. The number of aromatic nitrogens is 2. The van der Waals surface area contributed by atoms with Gasteiger partial charge in [-0.1, -0.05) is 48.5 Å². The maximum absolute atomic E-state index is 12.7. The average Bonchev–Trinajstić information content (AvgIpc) is 3.38. The number of aromatic hydroxyl groups is 1. The Hall–Kier alpha value is -4.24. The molecule has 1 aromatic heterocycles. The van der Waals surface area contributed by atoms with Gasteiger partial charge in [-0.15, -0.1) is 0 Å². The second kappa shape index (κ2) is 8.52. The summed E-state index contributed by atoms with van der Waals surface area (Å²) < 4.78 is 26.9. The summed E-state index contributed by atoms with van der Waals surface area (Å²) in [5.74, 6) is -0.667. The van der Waals surface area contributed by atoms with Crippen molar-refractivity contribution in [2.75, 3.05) is 0 Å². The molecule has 0 saturated carbocycles. The monoisotopic (exact) mass is 486 g/mol. The highest BCUT2D eigenvalue weighted by Crippen LogP contribution is 2.36. The molecular formula is C26H22N4O4S. The minimum atomic E-state index is -3.46. The molecule has 1 amide bonds. The molecule has 0 radical (unpaired) electrons. The molecule has 4 aromatic rings. The van der Waals surface area contributed by atoms with E-state index in [1.54, 1.807) is 78.5 Å². The Morgan fingerprint density at radius 1 is 1.06 bits per heavy atom. The number of amides is 1. The topological polar surface area (TPSA) is 128 Å². The number of nitrogens with two attached hydrogens (primary N) is 1. The molecule has 1 aliphatic rings. The molecule has 0 bridgehead atoms. The molecule has 0 unspecified atom stereocenters. The summed E-state index contributed by atoms with van der Waals surface area (Å²) in [4.78, 5) is 16.4. The number of hydrogen-bond donors (Lipinski definition) is 2. The molecule has 0 spiro atoms. The molecule has 5 rings (SSSR count). The highest BCUT2D eigenvalue weighted by molar-refractivity contribution is 7.90. The molecule has 0 saturated heterocycles. The van der Waals surface area contributed by atoms with E-state index in [0.717, 1.165) is 5.56 Å². The van der Waals surface area contributed by atoms with Crippen molar-refractivity contribution in [3.05, 3.63) is 95.2 Å². The Morgan fingerprint density at radius 3 is 2.46 bits per heavy atom. The first-order valence-corrected chi connectivity index (χ1v) is 12.5. The minimum Gasteiger partial charge on any atom is -0.504 e. The number of carbonyl (C=O) groups excluding carboxylic acids is 1. The summed E-state index contributed by atoms with van der Waals surface area (Å²) in [6.07, 6.45) is 0.483. The fourth-order valence-corrected chi connectivity index (χ4v) is 5.56. The number of sulfone groups is 1. The van der Waals surface area contributed by atoms with E-state index in [9.17, 15) is 18.3 Å². The van der Waals surface area contributed by atoms with Crippen LogP contribution in [0.15, 0.2) is 82.7 Å². The zero-order valence-corrected chi connectivity index (χ0v) is 19.7. The van der Waals surface area contributed by atoms with Gasteiger partial charge in [0.05, 0.1) is 22.0 Å². The highest BCUT2D eigenvalue weighted by Gasteiger charge is 2.26. The van der Waals surface area contributed by atoms with Gasteiger partial charge < -0.3 is 10.8 Å². The summed E-state index contributed by atoms with van der Waals surface area (Å²) >= 11 is 0. The third kappa shape index (κ3) is 4.22. The quantitative estimate of drug-likeness (QED) is 0.431. The second-order valence-corrected chi connectivity index (χ2v) is 10.4. The number of aryl methyl sites for hydroxylation is 1. The van der Waals surface area contributed by atoms with Gasteiger partial charge in [-0.05, 0) is 35.4 Å². The smallest absolute Gasteiger partial charge is 0.248 e. The van der Waals surface area contributed by atoms with E-state index in [1.807, 2.05) is 6.07 Å². The standard InChI is InChI=1S/C26H22N4O4S/c1-30-24(22-13-18-11-12-19(26(27)32)14-21(18)28-22)25(31)23(29-30)17-9-7-16(8-10-17)15-35(33,34)20-5-3-2-4-6-20/h2-12,14,31H,13,15H2,1H3,(H2,27,32). The zero-order valence-electron chi connectivity index (χ0n) is 18.8. The summed E-state index contributed by atoms with van der Waals surface area (Å²) in [6.45, 7) is 0. The van der Waals surface area contributed by atoms with Crippen LogP contribution >= 0.6 is 0 Å². The third-order valence-corrected chi connectivity index (χ3v) is 7.67. The Bertz CT molecular complexity index is 1590. The van der Waals surface area contributed by atoms with E-state index in [0.29, 0.717) is 45.9 Å². The molecular weight excluding hydrogens is 464 g/mol. The molecule has 8 nitrogen and oxygen atoms in total. The second-order valence-electron chi connectivity index (χ2n) is 8.38. The molecule has 0 aliphatic carbocycles. The molecule has 176 valence electrons. The molecule has 2 heterocycles. The number of benzene rings is 3. The van der Waals surface area contributed by atoms with Gasteiger partial charge in [-0.3, -0.25) is 14.5 Å². The van der Waals surface area contributed by atoms with Crippen LogP contribution in [0, 0.1) is 0 Å². The van der Waals surface area contributed by atoms with Gasteiger partial charge in [0.1, 0.15) is 11.4 Å². The Balaban J connectivity index is 1.41. The van der Waals surface area contributed by atoms with Crippen molar-refractivity contribution in [1.82, 2.24) is 9.78 Å². The summed E-state index contributed by atoms with van der Waals surface area (Å²) in [5.41, 5.74) is 10.1. The van der Waals surface area contributed by atoms with Gasteiger partial charge in [-0.2, -0.15) is 5.10 Å². The van der Waals surface area contributed by atoms with E-state index in [4.69, 9.17) is 5.73 Å². The first kappa shape index (κ1) is 22.5. The summed E-state index contributed by atoms with van der Waals surface area (Å²) in [5, 5.41) is 15.5. The zero-order chi connectivity index (χ0) is 24.7. The van der Waals surface area contributed by atoms with Gasteiger partial charge in [-0.25, -0.2) is 8.42 Å². The minimum absolute atomic E-state index is 0.0150. The SMILES string of the molecule is Cn1nc(-c2ccc(CS(=O)(=O)c3ccccc3)cc2)c(O)c1C1=Nc2cc(C(N)=O)ccc2C1. The largest absolute Gasteiger partial charge is 0.504 e. The number of nitrogens with zero attached hydrogens (tertiary/aromatic N) is 3. The Morgan fingerprint density at radius 2 is 1.77 bits per heavy atom. The van der Waals surface area contributed by atoms with Crippen molar-refractivity contribution >= 4 is 27.1 Å². The van der Waals surface area contributed by atoms with Crippen LogP contribution in [0.3, 0.4) is 0 Å². The molecule has 9 heteroatoms. The van der Waals surface area contributed by atoms with Crippen molar-refractivity contribution in [2.24, 2.45) is 17.8 Å². The van der Waals surface area contributed by atoms with Crippen molar-refractivity contribution in [3.63, 3.8) is 0 Å². The number of primary amides is 1. The summed E-state index contributed by atoms with van der Waals surface area (Å²) in [6, 6.07) is 20.4. The van der Waals surface area contributed by atoms with Crippen molar-refractivity contribution in [1.29, 1.82) is 0 Å². The van der Waals surface area contributed by atoms with Crippen molar-refractivity contribution in [3.8, 4) is 17.0 Å². The van der Waals surface area contributed by atoms with Crippen LogP contribution in [0.25, 0.3) is 11.3 Å². The van der Waals surface area contributed by atoms with Crippen LogP contribution in [0.5, 0.6) is 5.75 Å². The van der Waals surface area contributed by atoms with E-state index in [1.165, 1.54) is 0 Å². The molecule has 0 atom stereocenters. The van der Waals surface area contributed by atoms with Crippen LogP contribution in [0.4, 0.5) is 5.69 Å². The van der Waals surface area contributed by atoms with Crippen LogP contribution in [-0.4, -0.2) is 34.9 Å². The predicted molar refractivity (Wildman–Crippen MR) is 133 cm³/mol. The maximum Gasteiger partial charge on any atom is 0.248 e. The van der Waals surface area contributed by atoms with Gasteiger partial charge >= 0.3 is 0 Å². The van der Waals surface area contributed by atoms with E-state index in [-0.39, 0.29) is 16.4 Å². The lowest BCUT2D eigenvalue weighted by atomic mass is 10.0. The maximum atomic E-state index is 12.7. The molecule has 1 aliphatic heterocycles. The fourth-order valence-electron chi connectivity index (χ4n) is 4.19. The lowest BCUT2D eigenvalue weighted by molar-refractivity contribution is 0.100. The first-order chi connectivity index (χ1) is 16.7. The summed E-state index contributed by atoms with van der Waals surface area (Å²) in [7, 11) is -1.74. The molecule has 3 aromatic carbocycles. The molecule has 35 heavy (non-hydrogen) atoms. The van der Waals surface area contributed by atoms with Crippen LogP contribution < -0.4 is 5.73 Å². The normalized spacial score (nSPS) is 12.9. The van der Waals surface area contributed by atoms with E-state index >= 15 is 0 Å². The number of rotatable bonds is 6. The first-order valence-electron chi connectivity index (χ1n) is 10.9. The van der Waals surface area contributed by atoms with Crippen LogP contribution in [-0.2, 0) is 29.1 Å². The Kier molecular flexibility index (Phi) is 5.49. The average molecular weight is 487 g/mol. The van der Waals surface area contributed by atoms with E-state index < -0.39 is 15.7 Å². The lowest BCUT2D eigenvalue weighted by Crippen LogP contribution is -2.10. The van der Waals surface area contributed by atoms with Crippen molar-refractivity contribution in [2.45, 2.75) is 17.1 Å². The molecule has 0 fully saturated rings. The van der Waals surface area contributed by atoms with Gasteiger partial charge in [0.2, 0.25) is 5.91 Å². The number of aliphatic imine (C=N–C) groups is 1. The number of hydrogen-bond acceptors (Lipinski definition) is 6. The Labute approximate surface area is 202 Å². The van der Waals surface area contributed by atoms with Gasteiger partial charge in [0.15, 0.2) is 15.6 Å². The fraction of sp³-hybridized carbons (Fsp3) is 0.115. The van der Waals surface area contributed by atoms with Crippen LogP contribution in [0.1, 0.15) is 27.2 Å². The number of carbonyl (C=O) groups is 1. The molecule has 3 N–H and O–H groups in total. The van der Waals surface area contributed by atoms with Gasteiger partial charge in [0.25, 0.3) is 0 Å². The van der Waals surface area contributed by atoms with E-state index in [2.05, 4.69) is 10.1 Å². The van der Waals surface area contributed by atoms with Gasteiger partial charge in [0, 0.05) is 24.6 Å². The number of fused-ring (bicyclic) bond motifs is 1. The van der Waals surface area contributed by atoms with Crippen molar-refractivity contribution < 1.29 is 18.3 Å². The predicted octanol–water partition coefficient (Wildman–Crippen LogP) is 3.54.